The minimum atomic E-state index is -4.72. The lowest BCUT2D eigenvalue weighted by molar-refractivity contribution is -0.114. The van der Waals surface area contributed by atoms with Gasteiger partial charge in [0.1, 0.15) is 22.1 Å². The van der Waals surface area contributed by atoms with Crippen LogP contribution in [0.3, 0.4) is 0 Å². The van der Waals surface area contributed by atoms with Crippen molar-refractivity contribution in [1.29, 1.82) is 0 Å². The minimum absolute atomic E-state index is 0.00145. The largest absolute Gasteiger partial charge is 0.444 e. The maximum absolute atomic E-state index is 16.0. The predicted molar refractivity (Wildman–Crippen MR) is 163 cm³/mol. The topological polar surface area (TPSA) is 152 Å². The Kier molecular flexibility index (Phi) is 10.1. The summed E-state index contributed by atoms with van der Waals surface area (Å²) in [5.41, 5.74) is -0.891. The molecule has 45 heavy (non-hydrogen) atoms. The number of sulfonamides is 1. The minimum Gasteiger partial charge on any atom is -0.444 e. The number of nitrogens with one attached hydrogen (secondary N) is 3. The van der Waals surface area contributed by atoms with E-state index in [0.29, 0.717) is 40.6 Å². The molecule has 0 unspecified atom stereocenters. The van der Waals surface area contributed by atoms with E-state index in [1.807, 2.05) is 4.72 Å². The van der Waals surface area contributed by atoms with Crippen LogP contribution in [0, 0.1) is 17.5 Å². The summed E-state index contributed by atoms with van der Waals surface area (Å²) in [6, 6.07) is 7.31. The summed E-state index contributed by atoms with van der Waals surface area (Å²) in [6.45, 7) is 6.79. The van der Waals surface area contributed by atoms with Gasteiger partial charge >= 0.3 is 6.09 Å². The highest BCUT2D eigenvalue weighted by atomic mass is 32.2. The van der Waals surface area contributed by atoms with Gasteiger partial charge in [0.25, 0.3) is 10.0 Å². The number of nitrogens with zero attached hydrogens (tertiary/aromatic N) is 3. The molecule has 0 fully saturated rings. The number of amides is 2. The van der Waals surface area contributed by atoms with Gasteiger partial charge in [0.15, 0.2) is 5.82 Å². The molecule has 0 aliphatic heterocycles. The molecule has 2 heterocycles. The molecule has 0 saturated heterocycles. The Hall–Kier alpha value is -4.57. The van der Waals surface area contributed by atoms with Crippen LogP contribution in [0.25, 0.3) is 21.8 Å². The molecule has 238 valence electrons. The molecule has 0 bridgehead atoms. The fraction of sp³-hybridized carbons (Fsp3) is 0.276. The zero-order valence-corrected chi connectivity index (χ0v) is 26.2. The molecule has 4 rings (SSSR count). The SMILES string of the molecule is CC(=O)Nc1nccc(-c2sc(CCCNC(=O)OC(C)(C)C)nc2-c2cccc(NS(=O)(=O)c3cc(F)ccc3F)c2F)n1. The summed E-state index contributed by atoms with van der Waals surface area (Å²) in [7, 11) is -4.72. The molecule has 2 aromatic carbocycles. The van der Waals surface area contributed by atoms with Crippen molar-refractivity contribution >= 4 is 45.0 Å². The fourth-order valence-corrected chi connectivity index (χ4v) is 6.19. The van der Waals surface area contributed by atoms with E-state index in [9.17, 15) is 26.8 Å². The number of thiazole rings is 1. The first-order valence-corrected chi connectivity index (χ1v) is 15.8. The van der Waals surface area contributed by atoms with Crippen LogP contribution in [0.4, 0.5) is 29.6 Å². The van der Waals surface area contributed by atoms with Gasteiger partial charge in [-0.25, -0.2) is 41.3 Å². The first-order valence-electron chi connectivity index (χ1n) is 13.5. The number of benzene rings is 2. The van der Waals surface area contributed by atoms with Gasteiger partial charge in [0.2, 0.25) is 11.9 Å². The third-order valence-corrected chi connectivity index (χ3v) is 8.28. The van der Waals surface area contributed by atoms with E-state index in [0.717, 1.165) is 12.1 Å². The molecular formula is C29H29F3N6O5S2. The van der Waals surface area contributed by atoms with Gasteiger partial charge in [-0.2, -0.15) is 0 Å². The number of rotatable bonds is 10. The number of anilines is 2. The van der Waals surface area contributed by atoms with Crippen LogP contribution in [0.2, 0.25) is 0 Å². The van der Waals surface area contributed by atoms with Crippen molar-refractivity contribution in [3.63, 3.8) is 0 Å². The summed E-state index contributed by atoms with van der Waals surface area (Å²) >= 11 is 1.18. The first kappa shape index (κ1) is 33.3. The van der Waals surface area contributed by atoms with Gasteiger partial charge < -0.3 is 10.1 Å². The van der Waals surface area contributed by atoms with Crippen molar-refractivity contribution in [2.24, 2.45) is 0 Å². The van der Waals surface area contributed by atoms with Crippen LogP contribution in [0.15, 0.2) is 53.6 Å². The number of halogens is 3. The molecule has 0 radical (unpaired) electrons. The Morgan fingerprint density at radius 1 is 1.04 bits per heavy atom. The van der Waals surface area contributed by atoms with E-state index >= 15 is 4.39 Å². The number of hydrogen-bond donors (Lipinski definition) is 3. The predicted octanol–water partition coefficient (Wildman–Crippen LogP) is 5.90. The quantitative estimate of drug-likeness (QED) is 0.178. The van der Waals surface area contributed by atoms with Crippen molar-refractivity contribution in [3.05, 3.63) is 71.1 Å². The van der Waals surface area contributed by atoms with Crippen LogP contribution in [0.1, 0.15) is 39.1 Å². The summed E-state index contributed by atoms with van der Waals surface area (Å²) in [4.78, 5) is 35.9. The van der Waals surface area contributed by atoms with Crippen molar-refractivity contribution < 1.29 is 35.9 Å². The Balaban J connectivity index is 1.68. The monoisotopic (exact) mass is 662 g/mol. The highest BCUT2D eigenvalue weighted by Crippen LogP contribution is 2.39. The Morgan fingerprint density at radius 3 is 2.51 bits per heavy atom. The molecule has 11 nitrogen and oxygen atoms in total. The van der Waals surface area contributed by atoms with Gasteiger partial charge in [-0.15, -0.1) is 11.3 Å². The van der Waals surface area contributed by atoms with Gasteiger partial charge in [0.05, 0.1) is 27.0 Å². The number of carbonyl (C=O) groups is 2. The number of ether oxygens (including phenoxy) is 1. The van der Waals surface area contributed by atoms with Crippen LogP contribution < -0.4 is 15.4 Å². The Labute approximate surface area is 261 Å². The highest BCUT2D eigenvalue weighted by Gasteiger charge is 2.25. The van der Waals surface area contributed by atoms with E-state index in [1.54, 1.807) is 20.8 Å². The smallest absolute Gasteiger partial charge is 0.407 e. The van der Waals surface area contributed by atoms with Gasteiger partial charge in [0, 0.05) is 31.6 Å². The molecule has 16 heteroatoms. The van der Waals surface area contributed by atoms with Crippen molar-refractivity contribution in [1.82, 2.24) is 20.3 Å². The fourth-order valence-electron chi connectivity index (χ4n) is 3.95. The molecule has 0 aliphatic carbocycles. The lowest BCUT2D eigenvalue weighted by Crippen LogP contribution is -2.33. The molecule has 3 N–H and O–H groups in total. The van der Waals surface area contributed by atoms with Crippen molar-refractivity contribution in [3.8, 4) is 21.8 Å². The number of carbonyl (C=O) groups excluding carboxylic acids is 2. The highest BCUT2D eigenvalue weighted by molar-refractivity contribution is 7.92. The normalized spacial score (nSPS) is 11.6. The Morgan fingerprint density at radius 2 is 1.80 bits per heavy atom. The summed E-state index contributed by atoms with van der Waals surface area (Å²) in [5.74, 6) is -3.64. The second kappa shape index (κ2) is 13.6. The Bertz CT molecular complexity index is 1840. The average molecular weight is 663 g/mol. The van der Waals surface area contributed by atoms with Crippen molar-refractivity contribution in [2.75, 3.05) is 16.6 Å². The van der Waals surface area contributed by atoms with Crippen LogP contribution >= 0.6 is 11.3 Å². The first-order chi connectivity index (χ1) is 21.1. The molecule has 0 saturated carbocycles. The maximum atomic E-state index is 16.0. The third kappa shape index (κ3) is 8.76. The third-order valence-electron chi connectivity index (χ3n) is 5.76. The van der Waals surface area contributed by atoms with Gasteiger partial charge in [-0.1, -0.05) is 6.07 Å². The van der Waals surface area contributed by atoms with Crippen molar-refractivity contribution in [2.45, 2.75) is 51.0 Å². The zero-order valence-electron chi connectivity index (χ0n) is 24.6. The van der Waals surface area contributed by atoms with Crippen LogP contribution in [-0.2, 0) is 26.0 Å². The van der Waals surface area contributed by atoms with Gasteiger partial charge in [-0.05, 0) is 63.6 Å². The standard InChI is InChI=1S/C29H29F3N6O5S2/c1-16(39)35-27-33-14-12-21(36-27)26-25(37-23(44-26)9-6-13-34-28(40)43-29(2,3)4)18-7-5-8-20(24(18)32)38-45(41,42)22-15-17(30)10-11-19(22)31/h5,7-8,10-12,14-15,38H,6,9,13H2,1-4H3,(H,34,40)(H,33,35,36,39). The molecule has 0 atom stereocenters. The van der Waals surface area contributed by atoms with Crippen LogP contribution in [0.5, 0.6) is 0 Å². The van der Waals surface area contributed by atoms with E-state index in [2.05, 4.69) is 25.6 Å². The molecular weight excluding hydrogens is 633 g/mol. The van der Waals surface area contributed by atoms with E-state index in [1.165, 1.54) is 42.7 Å². The van der Waals surface area contributed by atoms with E-state index in [-0.39, 0.29) is 23.8 Å². The molecule has 2 aromatic heterocycles. The second-order valence-corrected chi connectivity index (χ2v) is 13.3. The van der Waals surface area contributed by atoms with Gasteiger partial charge in [-0.3, -0.25) is 14.8 Å². The maximum Gasteiger partial charge on any atom is 0.407 e. The molecule has 2 amide bonds. The summed E-state index contributed by atoms with van der Waals surface area (Å²) < 4.78 is 76.9. The number of alkyl carbamates (subject to hydrolysis) is 1. The lowest BCUT2D eigenvalue weighted by atomic mass is 10.1. The molecule has 4 aromatic rings. The lowest BCUT2D eigenvalue weighted by Gasteiger charge is -2.19. The van der Waals surface area contributed by atoms with E-state index < -0.39 is 55.7 Å². The number of aryl methyl sites for hydroxylation is 1. The van der Waals surface area contributed by atoms with Crippen LogP contribution in [-0.4, -0.2) is 47.5 Å². The second-order valence-electron chi connectivity index (χ2n) is 10.6. The number of hydrogen-bond acceptors (Lipinski definition) is 9. The van der Waals surface area contributed by atoms with E-state index in [4.69, 9.17) is 4.74 Å². The molecule has 0 aliphatic rings. The number of aromatic nitrogens is 3. The summed E-state index contributed by atoms with van der Waals surface area (Å²) in [5, 5.41) is 5.68. The molecule has 0 spiro atoms. The summed E-state index contributed by atoms with van der Waals surface area (Å²) in [6.07, 6.45) is 1.64. The zero-order chi connectivity index (χ0) is 32.9. The average Bonchev–Trinajstić information content (AvgIpc) is 3.36.